The van der Waals surface area contributed by atoms with Gasteiger partial charge in [-0.25, -0.2) is 4.98 Å². The molecule has 0 unspecified atom stereocenters. The summed E-state index contributed by atoms with van der Waals surface area (Å²) in [7, 11) is 0. The molecule has 0 N–H and O–H groups in total. The summed E-state index contributed by atoms with van der Waals surface area (Å²) < 4.78 is 1.09. The lowest BCUT2D eigenvalue weighted by atomic mass is 9.87. The molecule has 0 aliphatic rings. The molecule has 0 spiro atoms. The number of hydrogen-bond acceptors (Lipinski definition) is 1. The van der Waals surface area contributed by atoms with Crippen molar-refractivity contribution in [1.29, 1.82) is 0 Å². The SMILES string of the molecule is CC(C)(C)c1cc2cc(Br)c3ccccc3c2nc1Cl. The van der Waals surface area contributed by atoms with E-state index in [1.165, 1.54) is 0 Å². The second kappa shape index (κ2) is 4.71. The lowest BCUT2D eigenvalue weighted by Crippen LogP contribution is -2.12. The van der Waals surface area contributed by atoms with Gasteiger partial charge in [-0.2, -0.15) is 0 Å². The van der Waals surface area contributed by atoms with E-state index < -0.39 is 0 Å². The number of aromatic nitrogens is 1. The zero-order valence-corrected chi connectivity index (χ0v) is 14.0. The van der Waals surface area contributed by atoms with Gasteiger partial charge in [-0.05, 0) is 28.5 Å². The quantitative estimate of drug-likeness (QED) is 0.353. The topological polar surface area (TPSA) is 12.9 Å². The van der Waals surface area contributed by atoms with Gasteiger partial charge in [-0.1, -0.05) is 72.6 Å². The van der Waals surface area contributed by atoms with Crippen molar-refractivity contribution < 1.29 is 0 Å². The monoisotopic (exact) mass is 347 g/mol. The van der Waals surface area contributed by atoms with Crippen molar-refractivity contribution in [3.63, 3.8) is 0 Å². The average molecular weight is 349 g/mol. The van der Waals surface area contributed by atoms with E-state index in [-0.39, 0.29) is 5.41 Å². The minimum Gasteiger partial charge on any atom is -0.235 e. The van der Waals surface area contributed by atoms with Gasteiger partial charge in [0.1, 0.15) is 5.15 Å². The minimum atomic E-state index is -0.0175. The third-order valence-corrected chi connectivity index (χ3v) is 4.48. The number of rotatable bonds is 0. The summed E-state index contributed by atoms with van der Waals surface area (Å²) in [6.45, 7) is 6.45. The molecule has 0 atom stereocenters. The van der Waals surface area contributed by atoms with Crippen molar-refractivity contribution in [3.8, 4) is 0 Å². The highest BCUT2D eigenvalue weighted by atomic mass is 79.9. The first-order valence-electron chi connectivity index (χ1n) is 6.56. The van der Waals surface area contributed by atoms with Gasteiger partial charge < -0.3 is 0 Å². The number of benzene rings is 2. The fourth-order valence-electron chi connectivity index (χ4n) is 2.47. The molecule has 0 radical (unpaired) electrons. The minimum absolute atomic E-state index is 0.0175. The van der Waals surface area contributed by atoms with Crippen molar-refractivity contribution >= 4 is 49.2 Å². The van der Waals surface area contributed by atoms with Crippen LogP contribution in [0, 0.1) is 0 Å². The second-order valence-corrected chi connectivity index (χ2v) is 7.26. The summed E-state index contributed by atoms with van der Waals surface area (Å²) in [6, 6.07) is 12.5. The standard InChI is InChI=1S/C17H15BrClN/c1-17(2,3)13-8-10-9-14(18)11-6-4-5-7-12(11)15(10)20-16(13)19/h4-9H,1-3H3. The van der Waals surface area contributed by atoms with Crippen LogP contribution in [0.4, 0.5) is 0 Å². The highest BCUT2D eigenvalue weighted by molar-refractivity contribution is 9.10. The Hall–Kier alpha value is -1.12. The first-order chi connectivity index (χ1) is 9.38. The van der Waals surface area contributed by atoms with Crippen LogP contribution in [-0.4, -0.2) is 4.98 Å². The summed E-state index contributed by atoms with van der Waals surface area (Å²) in [4.78, 5) is 4.66. The van der Waals surface area contributed by atoms with E-state index >= 15 is 0 Å². The third-order valence-electron chi connectivity index (χ3n) is 3.54. The molecule has 102 valence electrons. The average Bonchev–Trinajstić information content (AvgIpc) is 2.38. The van der Waals surface area contributed by atoms with Gasteiger partial charge in [0.25, 0.3) is 0 Å². The molecule has 2 aromatic carbocycles. The molecule has 3 rings (SSSR count). The molecule has 3 aromatic rings. The summed E-state index contributed by atoms with van der Waals surface area (Å²) in [5.74, 6) is 0. The molecule has 1 aromatic heterocycles. The molecule has 0 amide bonds. The van der Waals surface area contributed by atoms with E-state index in [1.54, 1.807) is 0 Å². The fraction of sp³-hybridized carbons (Fsp3) is 0.235. The Kier molecular flexibility index (Phi) is 3.26. The molecule has 1 nitrogen and oxygen atoms in total. The third kappa shape index (κ3) is 2.21. The first-order valence-corrected chi connectivity index (χ1v) is 7.73. The zero-order valence-electron chi connectivity index (χ0n) is 11.7. The maximum atomic E-state index is 6.41. The van der Waals surface area contributed by atoms with Crippen molar-refractivity contribution in [2.24, 2.45) is 0 Å². The molecule has 0 fully saturated rings. The van der Waals surface area contributed by atoms with Crippen molar-refractivity contribution in [3.05, 3.63) is 51.6 Å². The molecular formula is C17H15BrClN. The Morgan fingerprint density at radius 2 is 1.70 bits per heavy atom. The lowest BCUT2D eigenvalue weighted by Gasteiger charge is -2.21. The zero-order chi connectivity index (χ0) is 14.5. The Bertz CT molecular complexity index is 818. The summed E-state index contributed by atoms with van der Waals surface area (Å²) in [6.07, 6.45) is 0. The molecule has 20 heavy (non-hydrogen) atoms. The van der Waals surface area contributed by atoms with Crippen LogP contribution in [0.1, 0.15) is 26.3 Å². The number of fused-ring (bicyclic) bond motifs is 3. The van der Waals surface area contributed by atoms with E-state index in [4.69, 9.17) is 11.6 Å². The van der Waals surface area contributed by atoms with Crippen molar-refractivity contribution in [1.82, 2.24) is 4.98 Å². The maximum absolute atomic E-state index is 6.41. The van der Waals surface area contributed by atoms with E-state index in [0.29, 0.717) is 5.15 Å². The number of halogens is 2. The van der Waals surface area contributed by atoms with Crippen LogP contribution < -0.4 is 0 Å². The predicted octanol–water partition coefficient (Wildman–Crippen LogP) is 6.10. The van der Waals surface area contributed by atoms with Crippen LogP contribution in [0.25, 0.3) is 21.7 Å². The Labute approximate surface area is 132 Å². The maximum Gasteiger partial charge on any atom is 0.133 e. The molecule has 0 aliphatic heterocycles. The predicted molar refractivity (Wildman–Crippen MR) is 90.7 cm³/mol. The van der Waals surface area contributed by atoms with E-state index in [1.807, 2.05) is 12.1 Å². The van der Waals surface area contributed by atoms with Gasteiger partial charge in [-0.15, -0.1) is 0 Å². The Morgan fingerprint density at radius 3 is 2.35 bits per heavy atom. The van der Waals surface area contributed by atoms with E-state index in [2.05, 4.69) is 66.0 Å². The number of pyridine rings is 1. The summed E-state index contributed by atoms with van der Waals surface area (Å²) in [5, 5.41) is 3.99. The van der Waals surface area contributed by atoms with E-state index in [0.717, 1.165) is 31.7 Å². The second-order valence-electron chi connectivity index (χ2n) is 6.05. The smallest absolute Gasteiger partial charge is 0.133 e. The Morgan fingerprint density at radius 1 is 1.05 bits per heavy atom. The molecule has 0 aliphatic carbocycles. The van der Waals surface area contributed by atoms with Crippen LogP contribution in [0.15, 0.2) is 40.9 Å². The van der Waals surface area contributed by atoms with Gasteiger partial charge in [0.15, 0.2) is 0 Å². The molecule has 0 bridgehead atoms. The van der Waals surface area contributed by atoms with Crippen LogP contribution in [0.2, 0.25) is 5.15 Å². The normalized spacial score (nSPS) is 12.2. The lowest BCUT2D eigenvalue weighted by molar-refractivity contribution is 0.589. The number of nitrogens with zero attached hydrogens (tertiary/aromatic N) is 1. The molecule has 3 heteroatoms. The van der Waals surface area contributed by atoms with E-state index in [9.17, 15) is 0 Å². The molecular weight excluding hydrogens is 334 g/mol. The molecule has 1 heterocycles. The van der Waals surface area contributed by atoms with Gasteiger partial charge in [0, 0.05) is 15.2 Å². The van der Waals surface area contributed by atoms with Gasteiger partial charge in [0.05, 0.1) is 5.52 Å². The molecule has 0 saturated heterocycles. The highest BCUT2D eigenvalue weighted by Crippen LogP contribution is 2.36. The molecule has 0 saturated carbocycles. The van der Waals surface area contributed by atoms with Crippen LogP contribution >= 0.6 is 27.5 Å². The van der Waals surface area contributed by atoms with Gasteiger partial charge >= 0.3 is 0 Å². The van der Waals surface area contributed by atoms with Gasteiger partial charge in [0.2, 0.25) is 0 Å². The fourth-order valence-corrected chi connectivity index (χ4v) is 3.49. The largest absolute Gasteiger partial charge is 0.235 e. The van der Waals surface area contributed by atoms with Crippen LogP contribution in [-0.2, 0) is 5.41 Å². The number of hydrogen-bond donors (Lipinski definition) is 0. The highest BCUT2D eigenvalue weighted by Gasteiger charge is 2.20. The van der Waals surface area contributed by atoms with Crippen LogP contribution in [0.3, 0.4) is 0 Å². The first kappa shape index (κ1) is 13.8. The Balaban J connectivity index is 2.46. The summed E-state index contributed by atoms with van der Waals surface area (Å²) in [5.41, 5.74) is 2.02. The van der Waals surface area contributed by atoms with Gasteiger partial charge in [-0.3, -0.25) is 0 Å². The van der Waals surface area contributed by atoms with Crippen LogP contribution in [0.5, 0.6) is 0 Å². The van der Waals surface area contributed by atoms with Crippen molar-refractivity contribution in [2.75, 3.05) is 0 Å². The van der Waals surface area contributed by atoms with Crippen molar-refractivity contribution in [2.45, 2.75) is 26.2 Å². The summed E-state index contributed by atoms with van der Waals surface area (Å²) >= 11 is 10.1.